The van der Waals surface area contributed by atoms with Gasteiger partial charge in [0, 0.05) is 18.2 Å². The van der Waals surface area contributed by atoms with Gasteiger partial charge in [-0.1, -0.05) is 23.7 Å². The second-order valence-corrected chi connectivity index (χ2v) is 6.09. The number of rotatable bonds is 6. The zero-order chi connectivity index (χ0) is 17.7. The van der Waals surface area contributed by atoms with E-state index in [0.717, 1.165) is 5.56 Å². The van der Waals surface area contributed by atoms with Crippen LogP contribution in [0.4, 0.5) is 0 Å². The summed E-state index contributed by atoms with van der Waals surface area (Å²) in [4.78, 5) is 25.9. The van der Waals surface area contributed by atoms with Crippen molar-refractivity contribution in [3.63, 3.8) is 0 Å². The largest absolute Gasteiger partial charge is 0.451 e. The van der Waals surface area contributed by atoms with Crippen LogP contribution in [0.15, 0.2) is 40.8 Å². The van der Waals surface area contributed by atoms with E-state index in [2.05, 4.69) is 5.32 Å². The molecule has 0 saturated carbocycles. The molecule has 1 aromatic carbocycles. The number of hydrogen-bond donors (Lipinski definition) is 1. The van der Waals surface area contributed by atoms with E-state index in [1.807, 2.05) is 39.0 Å². The number of likely N-dealkylation sites (N-methyl/N-ethyl adjacent to an activating group) is 1. The molecular weight excluding hydrogens is 328 g/mol. The van der Waals surface area contributed by atoms with Crippen molar-refractivity contribution in [3.05, 3.63) is 47.2 Å². The third-order valence-electron chi connectivity index (χ3n) is 3.41. The smallest absolute Gasteiger partial charge is 0.290 e. The van der Waals surface area contributed by atoms with Crippen molar-refractivity contribution in [2.24, 2.45) is 0 Å². The van der Waals surface area contributed by atoms with Crippen LogP contribution in [0.1, 0.15) is 31.3 Å². The lowest BCUT2D eigenvalue weighted by Gasteiger charge is -2.20. The van der Waals surface area contributed by atoms with E-state index in [9.17, 15) is 9.59 Å². The molecular formula is C18H21ClN2O3. The summed E-state index contributed by atoms with van der Waals surface area (Å²) in [7, 11) is 0. The molecule has 1 heterocycles. The van der Waals surface area contributed by atoms with Gasteiger partial charge >= 0.3 is 0 Å². The first-order valence-corrected chi connectivity index (χ1v) is 8.23. The highest BCUT2D eigenvalue weighted by Crippen LogP contribution is 2.29. The highest BCUT2D eigenvalue weighted by atomic mass is 35.5. The SMILES string of the molecule is CCN(CC(=O)NC(C)C)C(=O)c1ccc(-c2ccccc2Cl)o1. The molecule has 0 atom stereocenters. The number of carbonyl (C=O) groups excluding carboxylic acids is 2. The molecule has 0 aliphatic rings. The van der Waals surface area contributed by atoms with Crippen LogP contribution in [-0.4, -0.2) is 35.8 Å². The lowest BCUT2D eigenvalue weighted by molar-refractivity contribution is -0.122. The van der Waals surface area contributed by atoms with Gasteiger partial charge in [0.05, 0.1) is 11.6 Å². The predicted octanol–water partition coefficient (Wildman–Crippen LogP) is 3.59. The number of benzene rings is 1. The first kappa shape index (κ1) is 18.1. The van der Waals surface area contributed by atoms with Gasteiger partial charge in [-0.05, 0) is 45.0 Å². The third-order valence-corrected chi connectivity index (χ3v) is 3.74. The molecule has 0 aliphatic carbocycles. The monoisotopic (exact) mass is 348 g/mol. The molecule has 2 rings (SSSR count). The lowest BCUT2D eigenvalue weighted by Crippen LogP contribution is -2.42. The second-order valence-electron chi connectivity index (χ2n) is 5.69. The third kappa shape index (κ3) is 4.38. The number of nitrogens with zero attached hydrogens (tertiary/aromatic N) is 1. The Morgan fingerprint density at radius 3 is 2.54 bits per heavy atom. The van der Waals surface area contributed by atoms with Gasteiger partial charge in [0.25, 0.3) is 5.91 Å². The standard InChI is InChI=1S/C18H21ClN2O3/c1-4-21(11-17(22)20-12(2)3)18(23)16-10-9-15(24-16)13-7-5-6-8-14(13)19/h5-10,12H,4,11H2,1-3H3,(H,20,22). The van der Waals surface area contributed by atoms with E-state index < -0.39 is 0 Å². The topological polar surface area (TPSA) is 62.6 Å². The lowest BCUT2D eigenvalue weighted by atomic mass is 10.2. The molecule has 0 radical (unpaired) electrons. The average Bonchev–Trinajstić information content (AvgIpc) is 3.01. The summed E-state index contributed by atoms with van der Waals surface area (Å²) in [5.41, 5.74) is 0.721. The van der Waals surface area contributed by atoms with Gasteiger partial charge in [0.2, 0.25) is 5.91 Å². The fourth-order valence-corrected chi connectivity index (χ4v) is 2.51. The maximum Gasteiger partial charge on any atom is 0.290 e. The Labute approximate surface area is 146 Å². The Kier molecular flexibility index (Phi) is 6.04. The number of nitrogens with one attached hydrogen (secondary N) is 1. The van der Waals surface area contributed by atoms with Crippen molar-refractivity contribution in [1.29, 1.82) is 0 Å². The summed E-state index contributed by atoms with van der Waals surface area (Å²) < 4.78 is 5.65. The fraction of sp³-hybridized carbons (Fsp3) is 0.333. The summed E-state index contributed by atoms with van der Waals surface area (Å²) in [6.07, 6.45) is 0. The number of carbonyl (C=O) groups is 2. The summed E-state index contributed by atoms with van der Waals surface area (Å²) in [6.45, 7) is 5.97. The normalized spacial score (nSPS) is 10.7. The molecule has 2 aromatic rings. The van der Waals surface area contributed by atoms with Gasteiger partial charge in [0.15, 0.2) is 5.76 Å². The summed E-state index contributed by atoms with van der Waals surface area (Å²) >= 11 is 6.15. The molecule has 0 saturated heterocycles. The molecule has 128 valence electrons. The van der Waals surface area contributed by atoms with Crippen molar-refractivity contribution in [2.75, 3.05) is 13.1 Å². The van der Waals surface area contributed by atoms with Gasteiger partial charge in [-0.2, -0.15) is 0 Å². The molecule has 2 amide bonds. The van der Waals surface area contributed by atoms with Gasteiger partial charge in [-0.3, -0.25) is 9.59 Å². The number of furan rings is 1. The maximum absolute atomic E-state index is 12.5. The average molecular weight is 349 g/mol. The molecule has 0 bridgehead atoms. The summed E-state index contributed by atoms with van der Waals surface area (Å²) in [5, 5.41) is 3.32. The van der Waals surface area contributed by atoms with Crippen LogP contribution in [0.5, 0.6) is 0 Å². The van der Waals surface area contributed by atoms with Crippen LogP contribution in [0.3, 0.4) is 0 Å². The highest BCUT2D eigenvalue weighted by Gasteiger charge is 2.21. The zero-order valence-corrected chi connectivity index (χ0v) is 14.8. The Hall–Kier alpha value is -2.27. The molecule has 0 spiro atoms. The van der Waals surface area contributed by atoms with Crippen LogP contribution < -0.4 is 5.32 Å². The quantitative estimate of drug-likeness (QED) is 0.867. The summed E-state index contributed by atoms with van der Waals surface area (Å²) in [6, 6.07) is 10.6. The second kappa shape index (κ2) is 8.02. The molecule has 24 heavy (non-hydrogen) atoms. The number of amides is 2. The molecule has 1 N–H and O–H groups in total. The van der Waals surface area contributed by atoms with E-state index in [1.165, 1.54) is 4.90 Å². The van der Waals surface area contributed by atoms with Crippen LogP contribution in [0.2, 0.25) is 5.02 Å². The van der Waals surface area contributed by atoms with Crippen molar-refractivity contribution >= 4 is 23.4 Å². The van der Waals surface area contributed by atoms with Crippen LogP contribution in [0, 0.1) is 0 Å². The molecule has 5 nitrogen and oxygen atoms in total. The van der Waals surface area contributed by atoms with Crippen LogP contribution in [0.25, 0.3) is 11.3 Å². The predicted molar refractivity (Wildman–Crippen MR) is 94.0 cm³/mol. The van der Waals surface area contributed by atoms with Gasteiger partial charge in [0.1, 0.15) is 5.76 Å². The first-order valence-electron chi connectivity index (χ1n) is 7.85. The Balaban J connectivity index is 2.14. The van der Waals surface area contributed by atoms with E-state index in [-0.39, 0.29) is 30.2 Å². The minimum Gasteiger partial charge on any atom is -0.451 e. The van der Waals surface area contributed by atoms with Crippen LogP contribution in [-0.2, 0) is 4.79 Å². The molecule has 0 aliphatic heterocycles. The molecule has 1 aromatic heterocycles. The first-order chi connectivity index (χ1) is 11.4. The van der Waals surface area contributed by atoms with E-state index in [1.54, 1.807) is 18.2 Å². The van der Waals surface area contributed by atoms with E-state index in [0.29, 0.717) is 17.3 Å². The van der Waals surface area contributed by atoms with Crippen molar-refractivity contribution < 1.29 is 14.0 Å². The number of hydrogen-bond acceptors (Lipinski definition) is 3. The van der Waals surface area contributed by atoms with Gasteiger partial charge < -0.3 is 14.6 Å². The Morgan fingerprint density at radius 2 is 1.92 bits per heavy atom. The zero-order valence-electron chi connectivity index (χ0n) is 14.0. The minimum atomic E-state index is -0.324. The van der Waals surface area contributed by atoms with Gasteiger partial charge in [-0.15, -0.1) is 0 Å². The minimum absolute atomic E-state index is 0.00433. The molecule has 0 fully saturated rings. The van der Waals surface area contributed by atoms with Crippen molar-refractivity contribution in [2.45, 2.75) is 26.8 Å². The Morgan fingerprint density at radius 1 is 1.21 bits per heavy atom. The van der Waals surface area contributed by atoms with Gasteiger partial charge in [-0.25, -0.2) is 0 Å². The van der Waals surface area contributed by atoms with Crippen molar-refractivity contribution in [3.8, 4) is 11.3 Å². The number of halogens is 1. The molecule has 6 heteroatoms. The van der Waals surface area contributed by atoms with Crippen LogP contribution >= 0.6 is 11.6 Å². The fourth-order valence-electron chi connectivity index (χ4n) is 2.28. The van der Waals surface area contributed by atoms with E-state index in [4.69, 9.17) is 16.0 Å². The van der Waals surface area contributed by atoms with E-state index >= 15 is 0 Å². The summed E-state index contributed by atoms with van der Waals surface area (Å²) in [5.74, 6) is 0.184. The Bertz CT molecular complexity index is 725. The highest BCUT2D eigenvalue weighted by molar-refractivity contribution is 6.33. The van der Waals surface area contributed by atoms with Crippen molar-refractivity contribution in [1.82, 2.24) is 10.2 Å². The maximum atomic E-state index is 12.5. The molecule has 0 unspecified atom stereocenters.